The molecule has 1 saturated carbocycles. The van der Waals surface area contributed by atoms with Gasteiger partial charge in [0.15, 0.2) is 6.61 Å². The van der Waals surface area contributed by atoms with E-state index >= 15 is 0 Å². The summed E-state index contributed by atoms with van der Waals surface area (Å²) < 4.78 is 4.84. The number of hydrogen-bond donors (Lipinski definition) is 1. The van der Waals surface area contributed by atoms with Gasteiger partial charge in [-0.3, -0.25) is 9.59 Å². The molecule has 0 radical (unpaired) electrons. The maximum absolute atomic E-state index is 11.3. The average Bonchev–Trinajstić information content (AvgIpc) is 2.84. The normalized spacial score (nSPS) is 15.2. The summed E-state index contributed by atoms with van der Waals surface area (Å²) in [5.74, 6) is 2.29. The second kappa shape index (κ2) is 7.72. The number of carbonyl (C=O) groups is 2. The van der Waals surface area contributed by atoms with Crippen LogP contribution in [-0.4, -0.2) is 25.0 Å². The minimum Gasteiger partial charge on any atom is -0.456 e. The lowest BCUT2D eigenvalue weighted by Gasteiger charge is -2.08. The van der Waals surface area contributed by atoms with E-state index < -0.39 is 0 Å². The van der Waals surface area contributed by atoms with Gasteiger partial charge in [-0.1, -0.05) is 31.6 Å². The molecular formula is C13H19NO3. The molecule has 0 aromatic heterocycles. The maximum atomic E-state index is 11.3. The highest BCUT2D eigenvalue weighted by molar-refractivity contribution is 5.80. The van der Waals surface area contributed by atoms with Crippen LogP contribution in [-0.2, 0) is 14.3 Å². The molecule has 0 atom stereocenters. The van der Waals surface area contributed by atoms with Crippen molar-refractivity contribution in [1.82, 2.24) is 5.32 Å². The average molecular weight is 237 g/mol. The summed E-state index contributed by atoms with van der Waals surface area (Å²) in [6.07, 6.45) is 11.2. The van der Waals surface area contributed by atoms with Crippen LogP contribution in [0.2, 0.25) is 0 Å². The van der Waals surface area contributed by atoms with Crippen LogP contribution in [0.15, 0.2) is 0 Å². The zero-order valence-electron chi connectivity index (χ0n) is 10.0. The number of terminal acetylenes is 1. The van der Waals surface area contributed by atoms with E-state index in [1.807, 2.05) is 0 Å². The first-order chi connectivity index (χ1) is 8.22. The summed E-state index contributed by atoms with van der Waals surface area (Å²) in [5, 5.41) is 2.43. The molecule has 0 heterocycles. The highest BCUT2D eigenvalue weighted by Gasteiger charge is 2.16. The van der Waals surface area contributed by atoms with Crippen LogP contribution in [0.3, 0.4) is 0 Å². The number of rotatable bonds is 6. The Hall–Kier alpha value is -1.50. The number of esters is 1. The number of hydrogen-bond acceptors (Lipinski definition) is 3. The third-order valence-electron chi connectivity index (χ3n) is 2.98. The van der Waals surface area contributed by atoms with E-state index in [9.17, 15) is 9.59 Å². The molecule has 0 aromatic rings. The van der Waals surface area contributed by atoms with Gasteiger partial charge in [0.05, 0.1) is 6.54 Å². The lowest BCUT2D eigenvalue weighted by atomic mass is 10.0. The molecule has 4 heteroatoms. The monoisotopic (exact) mass is 237 g/mol. The van der Waals surface area contributed by atoms with E-state index in [-0.39, 0.29) is 25.0 Å². The Bertz CT molecular complexity index is 300. The molecule has 0 aliphatic heterocycles. The molecule has 1 aliphatic rings. The second-order valence-electron chi connectivity index (χ2n) is 4.33. The Morgan fingerprint density at radius 3 is 2.71 bits per heavy atom. The molecule has 4 nitrogen and oxygen atoms in total. The third-order valence-corrected chi connectivity index (χ3v) is 2.98. The van der Waals surface area contributed by atoms with E-state index in [1.165, 1.54) is 25.7 Å². The topological polar surface area (TPSA) is 55.4 Å². The van der Waals surface area contributed by atoms with Gasteiger partial charge in [0, 0.05) is 6.42 Å². The molecule has 1 amide bonds. The molecule has 94 valence electrons. The van der Waals surface area contributed by atoms with Gasteiger partial charge in [0.1, 0.15) is 0 Å². The first-order valence-corrected chi connectivity index (χ1v) is 6.08. The minimum absolute atomic E-state index is 0.165. The van der Waals surface area contributed by atoms with E-state index in [4.69, 9.17) is 11.2 Å². The second-order valence-corrected chi connectivity index (χ2v) is 4.33. The van der Waals surface area contributed by atoms with Gasteiger partial charge in [-0.05, 0) is 12.3 Å². The molecule has 1 N–H and O–H groups in total. The minimum atomic E-state index is -0.350. The highest BCUT2D eigenvalue weighted by Crippen LogP contribution is 2.28. The SMILES string of the molecule is C#CCNC(=O)COC(=O)CCC1CCCC1. The van der Waals surface area contributed by atoms with E-state index in [0.29, 0.717) is 12.3 Å². The maximum Gasteiger partial charge on any atom is 0.306 e. The standard InChI is InChI=1S/C13H19NO3/c1-2-9-14-12(15)10-17-13(16)8-7-11-5-3-4-6-11/h1,11H,3-10H2,(H,14,15). The molecule has 0 aromatic carbocycles. The zero-order valence-corrected chi connectivity index (χ0v) is 10.0. The summed E-state index contributed by atoms with van der Waals surface area (Å²) in [5.41, 5.74) is 0. The molecule has 0 bridgehead atoms. The number of carbonyl (C=O) groups excluding carboxylic acids is 2. The molecule has 1 fully saturated rings. The van der Waals surface area contributed by atoms with Crippen LogP contribution < -0.4 is 5.32 Å². The smallest absolute Gasteiger partial charge is 0.306 e. The molecule has 17 heavy (non-hydrogen) atoms. The van der Waals surface area contributed by atoms with E-state index in [0.717, 1.165) is 6.42 Å². The van der Waals surface area contributed by atoms with Crippen LogP contribution >= 0.6 is 0 Å². The van der Waals surface area contributed by atoms with Crippen LogP contribution in [0.5, 0.6) is 0 Å². The summed E-state index contributed by atoms with van der Waals surface area (Å²) in [7, 11) is 0. The van der Waals surface area contributed by atoms with Gasteiger partial charge in [0.2, 0.25) is 0 Å². The van der Waals surface area contributed by atoms with Gasteiger partial charge < -0.3 is 10.1 Å². The summed E-state index contributed by atoms with van der Waals surface area (Å²) in [6.45, 7) is -0.0658. The van der Waals surface area contributed by atoms with Gasteiger partial charge in [-0.2, -0.15) is 0 Å². The third kappa shape index (κ3) is 5.96. The van der Waals surface area contributed by atoms with Crippen molar-refractivity contribution in [2.75, 3.05) is 13.2 Å². The van der Waals surface area contributed by atoms with Crippen molar-refractivity contribution in [3.05, 3.63) is 0 Å². The van der Waals surface area contributed by atoms with Crippen molar-refractivity contribution >= 4 is 11.9 Å². The lowest BCUT2D eigenvalue weighted by Crippen LogP contribution is -2.29. The van der Waals surface area contributed by atoms with Crippen LogP contribution in [0.4, 0.5) is 0 Å². The predicted octanol–water partition coefficient (Wildman–Crippen LogP) is 1.25. The van der Waals surface area contributed by atoms with Crippen LogP contribution in [0, 0.1) is 18.3 Å². The number of amides is 1. The van der Waals surface area contributed by atoms with E-state index in [1.54, 1.807) is 0 Å². The molecule has 0 unspecified atom stereocenters. The Labute approximate surface area is 102 Å². The van der Waals surface area contributed by atoms with Gasteiger partial charge in [-0.15, -0.1) is 6.42 Å². The summed E-state index contributed by atoms with van der Waals surface area (Å²) in [4.78, 5) is 22.4. The Kier molecular flexibility index (Phi) is 6.16. The van der Waals surface area contributed by atoms with Crippen LogP contribution in [0.1, 0.15) is 38.5 Å². The Morgan fingerprint density at radius 2 is 2.06 bits per heavy atom. The molecular weight excluding hydrogens is 218 g/mol. The molecule has 1 rings (SSSR count). The van der Waals surface area contributed by atoms with Gasteiger partial charge in [0.25, 0.3) is 5.91 Å². The molecule has 0 saturated heterocycles. The summed E-state index contributed by atoms with van der Waals surface area (Å²) in [6, 6.07) is 0. The molecule has 0 spiro atoms. The summed E-state index contributed by atoms with van der Waals surface area (Å²) >= 11 is 0. The predicted molar refractivity (Wildman–Crippen MR) is 64.0 cm³/mol. The first-order valence-electron chi connectivity index (χ1n) is 6.08. The van der Waals surface area contributed by atoms with Crippen molar-refractivity contribution in [2.24, 2.45) is 5.92 Å². The Morgan fingerprint density at radius 1 is 1.35 bits per heavy atom. The number of ether oxygens (including phenoxy) is 1. The van der Waals surface area contributed by atoms with Crippen molar-refractivity contribution in [3.8, 4) is 12.3 Å². The van der Waals surface area contributed by atoms with Gasteiger partial charge >= 0.3 is 5.97 Å². The van der Waals surface area contributed by atoms with Crippen molar-refractivity contribution in [2.45, 2.75) is 38.5 Å². The first kappa shape index (κ1) is 13.6. The Balaban J connectivity index is 2.04. The van der Waals surface area contributed by atoms with Crippen LogP contribution in [0.25, 0.3) is 0 Å². The lowest BCUT2D eigenvalue weighted by molar-refractivity contribution is -0.148. The largest absolute Gasteiger partial charge is 0.456 e. The van der Waals surface area contributed by atoms with Crippen molar-refractivity contribution in [3.63, 3.8) is 0 Å². The van der Waals surface area contributed by atoms with Crippen molar-refractivity contribution in [1.29, 1.82) is 0 Å². The van der Waals surface area contributed by atoms with Gasteiger partial charge in [-0.25, -0.2) is 0 Å². The fraction of sp³-hybridized carbons (Fsp3) is 0.692. The molecule has 1 aliphatic carbocycles. The number of nitrogens with one attached hydrogen (secondary N) is 1. The quantitative estimate of drug-likeness (QED) is 0.558. The van der Waals surface area contributed by atoms with E-state index in [2.05, 4.69) is 11.2 Å². The highest BCUT2D eigenvalue weighted by atomic mass is 16.5. The zero-order chi connectivity index (χ0) is 12.5. The fourth-order valence-corrected chi connectivity index (χ4v) is 2.04. The van der Waals surface area contributed by atoms with Crippen molar-refractivity contribution < 1.29 is 14.3 Å². The fourth-order valence-electron chi connectivity index (χ4n) is 2.04.